The van der Waals surface area contributed by atoms with Gasteiger partial charge in [-0.25, -0.2) is 8.42 Å². The van der Waals surface area contributed by atoms with Gasteiger partial charge in [-0.15, -0.1) is 0 Å². The summed E-state index contributed by atoms with van der Waals surface area (Å²) in [6, 6.07) is 15.5. The van der Waals surface area contributed by atoms with Crippen LogP contribution < -0.4 is 10.1 Å². The number of rotatable bonds is 6. The second-order valence-corrected chi connectivity index (χ2v) is 9.13. The maximum atomic E-state index is 12.8. The number of nitrogens with zero attached hydrogens (tertiary/aromatic N) is 1. The lowest BCUT2D eigenvalue weighted by molar-refractivity contribution is -0.120. The van der Waals surface area contributed by atoms with Gasteiger partial charge in [0.15, 0.2) is 0 Å². The second kappa shape index (κ2) is 8.75. The number of carbonyl (C=O) groups is 1. The van der Waals surface area contributed by atoms with Crippen LogP contribution in [0.2, 0.25) is 0 Å². The fraction of sp³-hybridized carbons (Fsp3) is 0.381. The van der Waals surface area contributed by atoms with Crippen molar-refractivity contribution in [2.75, 3.05) is 18.4 Å². The summed E-state index contributed by atoms with van der Waals surface area (Å²) in [6.07, 6.45) is 1.41. The van der Waals surface area contributed by atoms with Crippen molar-refractivity contribution in [3.05, 3.63) is 54.6 Å². The average molecular weight is 403 g/mol. The molecule has 0 radical (unpaired) electrons. The van der Waals surface area contributed by atoms with Gasteiger partial charge in [0.05, 0.1) is 16.9 Å². The largest absolute Gasteiger partial charge is 0.491 e. The van der Waals surface area contributed by atoms with Gasteiger partial charge in [-0.2, -0.15) is 4.31 Å². The number of ether oxygens (including phenoxy) is 1. The molecule has 0 spiro atoms. The van der Waals surface area contributed by atoms with Gasteiger partial charge in [0.25, 0.3) is 0 Å². The normalized spacial score (nSPS) is 18.0. The number of amides is 1. The highest BCUT2D eigenvalue weighted by Crippen LogP contribution is 2.25. The molecule has 0 saturated carbocycles. The van der Waals surface area contributed by atoms with Crippen LogP contribution >= 0.6 is 0 Å². The van der Waals surface area contributed by atoms with Crippen molar-refractivity contribution in [3.63, 3.8) is 0 Å². The van der Waals surface area contributed by atoms with Crippen molar-refractivity contribution >= 4 is 21.6 Å². The van der Waals surface area contributed by atoms with Gasteiger partial charge in [-0.1, -0.05) is 18.2 Å². The molecule has 1 N–H and O–H groups in total. The summed E-state index contributed by atoms with van der Waals surface area (Å²) in [6.45, 7) is 4.53. The summed E-state index contributed by atoms with van der Waals surface area (Å²) in [5.74, 6) is 0.204. The van der Waals surface area contributed by atoms with E-state index in [2.05, 4.69) is 5.32 Å². The minimum Gasteiger partial charge on any atom is -0.491 e. The van der Waals surface area contributed by atoms with Crippen LogP contribution in [0, 0.1) is 5.92 Å². The summed E-state index contributed by atoms with van der Waals surface area (Å²) in [7, 11) is -3.58. The fourth-order valence-corrected chi connectivity index (χ4v) is 4.79. The van der Waals surface area contributed by atoms with Gasteiger partial charge >= 0.3 is 0 Å². The maximum Gasteiger partial charge on any atom is 0.243 e. The molecule has 150 valence electrons. The van der Waals surface area contributed by atoms with E-state index in [-0.39, 0.29) is 29.4 Å². The van der Waals surface area contributed by atoms with E-state index in [0.717, 1.165) is 5.75 Å². The molecular weight excluding hydrogens is 376 g/mol. The number of nitrogens with one attached hydrogen (secondary N) is 1. The van der Waals surface area contributed by atoms with Gasteiger partial charge in [-0.3, -0.25) is 4.79 Å². The van der Waals surface area contributed by atoms with Crippen LogP contribution in [0.3, 0.4) is 0 Å². The van der Waals surface area contributed by atoms with E-state index in [1.54, 1.807) is 42.5 Å². The predicted octanol–water partition coefficient (Wildman–Crippen LogP) is 3.51. The molecule has 0 aromatic heterocycles. The average Bonchev–Trinajstić information content (AvgIpc) is 2.70. The molecule has 1 fully saturated rings. The Kier molecular flexibility index (Phi) is 6.36. The Morgan fingerprint density at radius 2 is 1.79 bits per heavy atom. The van der Waals surface area contributed by atoms with Crippen molar-refractivity contribution in [2.45, 2.75) is 37.7 Å². The number of sulfonamides is 1. The number of benzene rings is 2. The molecule has 1 aliphatic rings. The molecule has 1 atom stereocenters. The molecule has 6 nitrogen and oxygen atoms in total. The van der Waals surface area contributed by atoms with Gasteiger partial charge in [0, 0.05) is 18.8 Å². The first-order chi connectivity index (χ1) is 13.4. The molecule has 28 heavy (non-hydrogen) atoms. The van der Waals surface area contributed by atoms with Crippen molar-refractivity contribution < 1.29 is 17.9 Å². The lowest BCUT2D eigenvalue weighted by atomic mass is 9.99. The van der Waals surface area contributed by atoms with Crippen LogP contribution in [0.5, 0.6) is 5.75 Å². The SMILES string of the molecule is CC(C)Oc1ccc(NC(=O)C2CCCN(S(=O)(=O)c3ccccc3)C2)cc1. The predicted molar refractivity (Wildman–Crippen MR) is 109 cm³/mol. The van der Waals surface area contributed by atoms with Crippen molar-refractivity contribution in [3.8, 4) is 5.75 Å². The first kappa shape index (κ1) is 20.4. The number of anilines is 1. The highest BCUT2D eigenvalue weighted by Gasteiger charge is 2.33. The molecule has 1 aliphatic heterocycles. The topological polar surface area (TPSA) is 75.7 Å². The lowest BCUT2D eigenvalue weighted by Crippen LogP contribution is -2.43. The van der Waals surface area contributed by atoms with E-state index in [9.17, 15) is 13.2 Å². The number of piperidine rings is 1. The highest BCUT2D eigenvalue weighted by atomic mass is 32.2. The quantitative estimate of drug-likeness (QED) is 0.802. The van der Waals surface area contributed by atoms with E-state index >= 15 is 0 Å². The van der Waals surface area contributed by atoms with E-state index in [0.29, 0.717) is 25.1 Å². The van der Waals surface area contributed by atoms with Crippen LogP contribution in [0.4, 0.5) is 5.69 Å². The zero-order chi connectivity index (χ0) is 20.1. The standard InChI is InChI=1S/C21H26N2O4S/c1-16(2)27-19-12-10-18(11-13-19)22-21(24)17-7-6-14-23(15-17)28(25,26)20-8-4-3-5-9-20/h3-5,8-13,16-17H,6-7,14-15H2,1-2H3,(H,22,24). The van der Waals surface area contributed by atoms with E-state index < -0.39 is 10.0 Å². The molecular formula is C21H26N2O4S. The smallest absolute Gasteiger partial charge is 0.243 e. The Morgan fingerprint density at radius 3 is 2.43 bits per heavy atom. The van der Waals surface area contributed by atoms with Gasteiger partial charge in [0.1, 0.15) is 5.75 Å². The highest BCUT2D eigenvalue weighted by molar-refractivity contribution is 7.89. The van der Waals surface area contributed by atoms with Crippen LogP contribution in [-0.2, 0) is 14.8 Å². The maximum absolute atomic E-state index is 12.8. The summed E-state index contributed by atoms with van der Waals surface area (Å²) < 4.78 is 32.6. The molecule has 1 heterocycles. The van der Waals surface area contributed by atoms with Crippen molar-refractivity contribution in [1.82, 2.24) is 4.31 Å². The fourth-order valence-electron chi connectivity index (χ4n) is 3.25. The van der Waals surface area contributed by atoms with Gasteiger partial charge in [-0.05, 0) is 63.1 Å². The molecule has 0 aliphatic carbocycles. The summed E-state index contributed by atoms with van der Waals surface area (Å²) in [5, 5.41) is 2.89. The van der Waals surface area contributed by atoms with Crippen LogP contribution in [-0.4, -0.2) is 37.8 Å². The first-order valence-electron chi connectivity index (χ1n) is 9.49. The third kappa shape index (κ3) is 4.91. The Balaban J connectivity index is 1.64. The molecule has 0 bridgehead atoms. The van der Waals surface area contributed by atoms with Crippen molar-refractivity contribution in [2.24, 2.45) is 5.92 Å². The third-order valence-electron chi connectivity index (χ3n) is 4.63. The van der Waals surface area contributed by atoms with E-state index in [1.807, 2.05) is 26.0 Å². The number of hydrogen-bond acceptors (Lipinski definition) is 4. The van der Waals surface area contributed by atoms with Gasteiger partial charge < -0.3 is 10.1 Å². The van der Waals surface area contributed by atoms with Crippen molar-refractivity contribution in [1.29, 1.82) is 0 Å². The molecule has 3 rings (SSSR count). The Hall–Kier alpha value is -2.38. The molecule has 1 unspecified atom stereocenters. The molecule has 7 heteroatoms. The second-order valence-electron chi connectivity index (χ2n) is 7.20. The zero-order valence-corrected chi connectivity index (χ0v) is 17.0. The van der Waals surface area contributed by atoms with E-state index in [4.69, 9.17) is 4.74 Å². The van der Waals surface area contributed by atoms with Gasteiger partial charge in [0.2, 0.25) is 15.9 Å². The Bertz CT molecular complexity index is 896. The molecule has 1 saturated heterocycles. The Morgan fingerprint density at radius 1 is 1.11 bits per heavy atom. The third-order valence-corrected chi connectivity index (χ3v) is 6.51. The molecule has 2 aromatic carbocycles. The van der Waals surface area contributed by atoms with Crippen LogP contribution in [0.15, 0.2) is 59.5 Å². The number of carbonyl (C=O) groups excluding carboxylic acids is 1. The van der Waals surface area contributed by atoms with E-state index in [1.165, 1.54) is 4.31 Å². The Labute approximate surface area is 166 Å². The minimum atomic E-state index is -3.58. The summed E-state index contributed by atoms with van der Waals surface area (Å²) in [4.78, 5) is 12.9. The molecule has 2 aromatic rings. The van der Waals surface area contributed by atoms with Crippen LogP contribution in [0.1, 0.15) is 26.7 Å². The minimum absolute atomic E-state index is 0.0835. The van der Waals surface area contributed by atoms with Crippen LogP contribution in [0.25, 0.3) is 0 Å². The summed E-state index contributed by atoms with van der Waals surface area (Å²) in [5.41, 5.74) is 0.671. The monoisotopic (exact) mass is 402 g/mol. The summed E-state index contributed by atoms with van der Waals surface area (Å²) >= 11 is 0. The number of hydrogen-bond donors (Lipinski definition) is 1. The molecule has 1 amide bonds. The lowest BCUT2D eigenvalue weighted by Gasteiger charge is -2.31. The first-order valence-corrected chi connectivity index (χ1v) is 10.9. The zero-order valence-electron chi connectivity index (χ0n) is 16.2.